The molecular weight excluding hydrogens is 272 g/mol. The van der Waals surface area contributed by atoms with E-state index >= 15 is 0 Å². The average Bonchev–Trinajstić information content (AvgIpc) is 2.76. The molecule has 2 heterocycles. The van der Waals surface area contributed by atoms with E-state index in [1.807, 2.05) is 12.3 Å². The van der Waals surface area contributed by atoms with E-state index in [4.69, 9.17) is 16.3 Å². The van der Waals surface area contributed by atoms with Gasteiger partial charge < -0.3 is 10.1 Å². The minimum absolute atomic E-state index is 0.00141. The lowest BCUT2D eigenvalue weighted by Crippen LogP contribution is -2.52. The van der Waals surface area contributed by atoms with Crippen molar-refractivity contribution in [1.82, 2.24) is 10.3 Å². The van der Waals surface area contributed by atoms with Crippen molar-refractivity contribution in [2.75, 3.05) is 13.2 Å². The molecule has 1 aromatic rings. The summed E-state index contributed by atoms with van der Waals surface area (Å²) in [5.74, 6) is 0.391. The molecule has 1 unspecified atom stereocenters. The number of carbonyl (C=O) groups excluding carboxylic acids is 1. The van der Waals surface area contributed by atoms with E-state index < -0.39 is 0 Å². The zero-order chi connectivity index (χ0) is 13.0. The van der Waals surface area contributed by atoms with Crippen molar-refractivity contribution in [3.63, 3.8) is 0 Å². The number of carbonyl (C=O) groups is 1. The van der Waals surface area contributed by atoms with E-state index in [1.165, 1.54) is 11.3 Å². The van der Waals surface area contributed by atoms with E-state index in [0.717, 1.165) is 30.2 Å². The Bertz CT molecular complexity index is 416. The molecule has 0 aliphatic carbocycles. The van der Waals surface area contributed by atoms with Gasteiger partial charge in [0.2, 0.25) is 5.91 Å². The Morgan fingerprint density at radius 3 is 3.17 bits per heavy atom. The second-order valence-corrected chi connectivity index (χ2v) is 6.02. The number of aromatic nitrogens is 1. The molecule has 2 rings (SSSR count). The summed E-state index contributed by atoms with van der Waals surface area (Å²) in [6, 6.07) is 0. The SMILES string of the molecule is CC1(NC(=O)Cc2nc(CCl)cs2)CCCOC1. The molecular formula is C12H17ClN2O2S. The van der Waals surface area contributed by atoms with Crippen LogP contribution in [0.15, 0.2) is 5.38 Å². The second-order valence-electron chi connectivity index (χ2n) is 4.81. The second kappa shape index (κ2) is 5.99. The maximum atomic E-state index is 12.0. The van der Waals surface area contributed by atoms with Crippen LogP contribution >= 0.6 is 22.9 Å². The summed E-state index contributed by atoms with van der Waals surface area (Å²) < 4.78 is 5.41. The Morgan fingerprint density at radius 1 is 1.72 bits per heavy atom. The largest absolute Gasteiger partial charge is 0.379 e. The molecule has 0 aromatic carbocycles. The quantitative estimate of drug-likeness (QED) is 0.864. The Hall–Kier alpha value is -0.650. The third kappa shape index (κ3) is 3.67. The van der Waals surface area contributed by atoms with Gasteiger partial charge in [-0.05, 0) is 19.8 Å². The fourth-order valence-corrected chi connectivity index (χ4v) is 3.06. The van der Waals surface area contributed by atoms with Crippen molar-refractivity contribution in [1.29, 1.82) is 0 Å². The number of ether oxygens (including phenoxy) is 1. The smallest absolute Gasteiger partial charge is 0.227 e. The van der Waals surface area contributed by atoms with Crippen LogP contribution in [0.5, 0.6) is 0 Å². The van der Waals surface area contributed by atoms with Crippen LogP contribution in [0.3, 0.4) is 0 Å². The number of hydrogen-bond donors (Lipinski definition) is 1. The number of nitrogens with one attached hydrogen (secondary N) is 1. The molecule has 1 atom stereocenters. The fraction of sp³-hybridized carbons (Fsp3) is 0.667. The van der Waals surface area contributed by atoms with Gasteiger partial charge in [-0.3, -0.25) is 4.79 Å². The summed E-state index contributed by atoms with van der Waals surface area (Å²) in [4.78, 5) is 16.2. The van der Waals surface area contributed by atoms with Gasteiger partial charge in [0.15, 0.2) is 0 Å². The molecule has 0 saturated carbocycles. The highest BCUT2D eigenvalue weighted by Crippen LogP contribution is 2.19. The molecule has 0 spiro atoms. The predicted molar refractivity (Wildman–Crippen MR) is 72.0 cm³/mol. The first-order valence-corrected chi connectivity index (χ1v) is 7.41. The van der Waals surface area contributed by atoms with Crippen LogP contribution in [0.1, 0.15) is 30.5 Å². The standard InChI is InChI=1S/C12H17ClN2O2S/c1-12(3-2-4-17-8-12)15-10(16)5-11-14-9(6-13)7-18-11/h7H,2-6,8H2,1H3,(H,15,16). The topological polar surface area (TPSA) is 51.2 Å². The maximum Gasteiger partial charge on any atom is 0.227 e. The molecule has 1 fully saturated rings. The average molecular weight is 289 g/mol. The highest BCUT2D eigenvalue weighted by atomic mass is 35.5. The van der Waals surface area contributed by atoms with Crippen LogP contribution < -0.4 is 5.32 Å². The van der Waals surface area contributed by atoms with Crippen LogP contribution in [0.2, 0.25) is 0 Å². The molecule has 4 nitrogen and oxygen atoms in total. The van der Waals surface area contributed by atoms with E-state index in [-0.39, 0.29) is 11.4 Å². The maximum absolute atomic E-state index is 12.0. The van der Waals surface area contributed by atoms with E-state index in [0.29, 0.717) is 18.9 Å². The van der Waals surface area contributed by atoms with Gasteiger partial charge in [-0.1, -0.05) is 0 Å². The van der Waals surface area contributed by atoms with Crippen LogP contribution in [0.25, 0.3) is 0 Å². The molecule has 18 heavy (non-hydrogen) atoms. The lowest BCUT2D eigenvalue weighted by Gasteiger charge is -2.34. The molecule has 1 aliphatic rings. The summed E-state index contributed by atoms with van der Waals surface area (Å²) in [5, 5.41) is 5.74. The van der Waals surface area contributed by atoms with Crippen molar-refractivity contribution in [2.45, 2.75) is 37.6 Å². The summed E-state index contributed by atoms with van der Waals surface area (Å²) >= 11 is 7.16. The Balaban J connectivity index is 1.87. The van der Waals surface area contributed by atoms with Gasteiger partial charge >= 0.3 is 0 Å². The zero-order valence-electron chi connectivity index (χ0n) is 10.4. The van der Waals surface area contributed by atoms with Gasteiger partial charge in [0.25, 0.3) is 0 Å². The first-order valence-electron chi connectivity index (χ1n) is 5.99. The minimum atomic E-state index is -0.234. The van der Waals surface area contributed by atoms with E-state index in [1.54, 1.807) is 0 Å². The van der Waals surface area contributed by atoms with Gasteiger partial charge in [0.05, 0.1) is 30.1 Å². The highest BCUT2D eigenvalue weighted by Gasteiger charge is 2.29. The summed E-state index contributed by atoms with van der Waals surface area (Å²) in [6.07, 6.45) is 2.27. The molecule has 0 radical (unpaired) electrons. The number of thiazole rings is 1. The van der Waals surface area contributed by atoms with E-state index in [9.17, 15) is 4.79 Å². The van der Waals surface area contributed by atoms with Crippen molar-refractivity contribution in [2.24, 2.45) is 0 Å². The number of nitrogens with zero attached hydrogens (tertiary/aromatic N) is 1. The fourth-order valence-electron chi connectivity index (χ4n) is 2.04. The molecule has 1 amide bonds. The Morgan fingerprint density at radius 2 is 2.56 bits per heavy atom. The van der Waals surface area contributed by atoms with Crippen molar-refractivity contribution in [3.8, 4) is 0 Å². The third-order valence-electron chi connectivity index (χ3n) is 2.93. The number of halogens is 1. The first kappa shape index (κ1) is 13.8. The number of amides is 1. The van der Waals surface area contributed by atoms with Gasteiger partial charge in [-0.25, -0.2) is 4.98 Å². The van der Waals surface area contributed by atoms with E-state index in [2.05, 4.69) is 10.3 Å². The number of alkyl halides is 1. The molecule has 0 bridgehead atoms. The van der Waals surface area contributed by atoms with Crippen LogP contribution in [-0.4, -0.2) is 29.6 Å². The van der Waals surface area contributed by atoms with Gasteiger partial charge in [-0.2, -0.15) is 0 Å². The number of rotatable bonds is 4. The third-order valence-corrected chi connectivity index (χ3v) is 4.10. The monoisotopic (exact) mass is 288 g/mol. The first-order chi connectivity index (χ1) is 8.61. The molecule has 1 aromatic heterocycles. The molecule has 1 N–H and O–H groups in total. The summed E-state index contributed by atoms with van der Waals surface area (Å²) in [7, 11) is 0. The molecule has 100 valence electrons. The van der Waals surface area contributed by atoms with Gasteiger partial charge in [0, 0.05) is 12.0 Å². The minimum Gasteiger partial charge on any atom is -0.379 e. The lowest BCUT2D eigenvalue weighted by atomic mass is 9.95. The molecule has 1 saturated heterocycles. The predicted octanol–water partition coefficient (Wildman–Crippen LogP) is 2.11. The van der Waals surface area contributed by atoms with Gasteiger partial charge in [-0.15, -0.1) is 22.9 Å². The van der Waals surface area contributed by atoms with Crippen LogP contribution in [0, 0.1) is 0 Å². The van der Waals surface area contributed by atoms with Crippen molar-refractivity contribution < 1.29 is 9.53 Å². The summed E-state index contributed by atoms with van der Waals surface area (Å²) in [5.41, 5.74) is 0.596. The highest BCUT2D eigenvalue weighted by molar-refractivity contribution is 7.09. The Kier molecular flexibility index (Phi) is 4.59. The van der Waals surface area contributed by atoms with Crippen molar-refractivity contribution in [3.05, 3.63) is 16.1 Å². The molecule has 1 aliphatic heterocycles. The lowest BCUT2D eigenvalue weighted by molar-refractivity contribution is -0.124. The zero-order valence-corrected chi connectivity index (χ0v) is 11.9. The molecule has 6 heteroatoms. The van der Waals surface area contributed by atoms with Crippen molar-refractivity contribution >= 4 is 28.8 Å². The normalized spacial score (nSPS) is 23.9. The van der Waals surface area contributed by atoms with Crippen LogP contribution in [-0.2, 0) is 21.8 Å². The number of hydrogen-bond acceptors (Lipinski definition) is 4. The van der Waals surface area contributed by atoms with Crippen LogP contribution in [0.4, 0.5) is 0 Å². The Labute approximate surface area is 116 Å². The van der Waals surface area contributed by atoms with Gasteiger partial charge in [0.1, 0.15) is 5.01 Å². The summed E-state index contributed by atoms with van der Waals surface area (Å²) in [6.45, 7) is 3.40.